The van der Waals surface area contributed by atoms with Crippen LogP contribution >= 0.6 is 0 Å². The fourth-order valence-corrected chi connectivity index (χ4v) is 2.60. The first-order valence-corrected chi connectivity index (χ1v) is 7.03. The fourth-order valence-electron chi connectivity index (χ4n) is 2.60. The maximum atomic E-state index is 12.0. The Bertz CT molecular complexity index is 351. The van der Waals surface area contributed by atoms with Gasteiger partial charge in [-0.05, 0) is 12.8 Å². The summed E-state index contributed by atoms with van der Waals surface area (Å²) in [5.41, 5.74) is -0.840. The van der Waals surface area contributed by atoms with Crippen molar-refractivity contribution in [3.8, 4) is 0 Å². The Morgan fingerprint density at radius 3 is 2.45 bits per heavy atom. The van der Waals surface area contributed by atoms with E-state index in [9.17, 15) is 14.7 Å². The van der Waals surface area contributed by atoms with Gasteiger partial charge in [0.05, 0.1) is 12.0 Å². The normalized spacial score (nSPS) is 17.2. The molecule has 0 aliphatic heterocycles. The van der Waals surface area contributed by atoms with Crippen LogP contribution in [0.2, 0.25) is 0 Å². The van der Waals surface area contributed by atoms with Gasteiger partial charge < -0.3 is 20.4 Å². The average molecular weight is 284 g/mol. The molecule has 1 rings (SSSR count). The summed E-state index contributed by atoms with van der Waals surface area (Å²) < 4.78 is 0. The molecule has 1 aliphatic carbocycles. The molecule has 0 aromatic rings. The van der Waals surface area contributed by atoms with Crippen molar-refractivity contribution in [2.24, 2.45) is 5.41 Å². The van der Waals surface area contributed by atoms with Crippen molar-refractivity contribution in [1.29, 1.82) is 0 Å². The van der Waals surface area contributed by atoms with Crippen LogP contribution < -0.4 is 5.32 Å². The van der Waals surface area contributed by atoms with E-state index in [0.717, 1.165) is 19.3 Å². The molecule has 0 atom stereocenters. The molecule has 6 heteroatoms. The maximum absolute atomic E-state index is 12.0. The molecule has 0 unspecified atom stereocenters. The molecule has 0 saturated heterocycles. The minimum Gasteiger partial charge on any atom is -0.481 e. The minimum absolute atomic E-state index is 0.134. The van der Waals surface area contributed by atoms with E-state index in [1.807, 2.05) is 0 Å². The van der Waals surface area contributed by atoms with Crippen molar-refractivity contribution in [3.05, 3.63) is 12.7 Å². The van der Waals surface area contributed by atoms with Crippen LogP contribution in [0, 0.1) is 5.41 Å². The summed E-state index contributed by atoms with van der Waals surface area (Å²) in [6, 6.07) is -0.356. The number of nitrogens with zero attached hydrogens (tertiary/aromatic N) is 1. The van der Waals surface area contributed by atoms with E-state index in [2.05, 4.69) is 11.9 Å². The molecule has 1 fully saturated rings. The molecule has 0 bridgehead atoms. The number of carbonyl (C=O) groups is 2. The van der Waals surface area contributed by atoms with E-state index in [1.165, 1.54) is 4.90 Å². The molecule has 0 aromatic heterocycles. The lowest BCUT2D eigenvalue weighted by Gasteiger charge is -2.34. The highest BCUT2D eigenvalue weighted by atomic mass is 16.4. The van der Waals surface area contributed by atoms with E-state index in [4.69, 9.17) is 5.11 Å². The highest BCUT2D eigenvalue weighted by Gasteiger charge is 2.40. The third kappa shape index (κ3) is 4.23. The summed E-state index contributed by atoms with van der Waals surface area (Å²) in [6.45, 7) is 4.10. The number of urea groups is 1. The summed E-state index contributed by atoms with van der Waals surface area (Å²) in [5, 5.41) is 21.0. The van der Waals surface area contributed by atoms with Gasteiger partial charge in [0, 0.05) is 19.6 Å². The summed E-state index contributed by atoms with van der Waals surface area (Å²) in [7, 11) is 0. The van der Waals surface area contributed by atoms with Crippen molar-refractivity contribution in [1.82, 2.24) is 10.2 Å². The van der Waals surface area contributed by atoms with Gasteiger partial charge >= 0.3 is 12.0 Å². The van der Waals surface area contributed by atoms with Crippen molar-refractivity contribution in [2.45, 2.75) is 32.1 Å². The zero-order valence-corrected chi connectivity index (χ0v) is 11.8. The van der Waals surface area contributed by atoms with Crippen LogP contribution in [0.3, 0.4) is 0 Å². The molecular weight excluding hydrogens is 260 g/mol. The van der Waals surface area contributed by atoms with Gasteiger partial charge in [-0.25, -0.2) is 4.79 Å². The molecule has 1 saturated carbocycles. The quantitative estimate of drug-likeness (QED) is 0.613. The number of nitrogens with one attached hydrogen (secondary N) is 1. The van der Waals surface area contributed by atoms with Gasteiger partial charge in [0.2, 0.25) is 0 Å². The van der Waals surface area contributed by atoms with E-state index in [-0.39, 0.29) is 25.7 Å². The second-order valence-corrected chi connectivity index (χ2v) is 5.26. The number of carbonyl (C=O) groups excluding carboxylic acids is 1. The Balaban J connectivity index is 2.59. The van der Waals surface area contributed by atoms with Crippen LogP contribution in [0.1, 0.15) is 32.1 Å². The first kappa shape index (κ1) is 16.5. The molecule has 2 amide bonds. The Kier molecular flexibility index (Phi) is 6.51. The van der Waals surface area contributed by atoms with Crippen LogP contribution in [0.4, 0.5) is 4.79 Å². The van der Waals surface area contributed by atoms with Crippen LogP contribution in [0.5, 0.6) is 0 Å². The lowest BCUT2D eigenvalue weighted by molar-refractivity contribution is -0.150. The molecule has 0 radical (unpaired) electrons. The standard InChI is InChI=1S/C14H24N2O4/c1-2-8-16(9-10-17)13(20)15-11-14(12(18)19)6-4-3-5-7-14/h2,17H,1,3-11H2,(H,15,20)(H,18,19). The molecule has 20 heavy (non-hydrogen) atoms. The lowest BCUT2D eigenvalue weighted by atomic mass is 9.74. The minimum atomic E-state index is -0.840. The van der Waals surface area contributed by atoms with E-state index in [1.54, 1.807) is 6.08 Å². The second kappa shape index (κ2) is 7.89. The van der Waals surface area contributed by atoms with Crippen LogP contribution in [0.15, 0.2) is 12.7 Å². The van der Waals surface area contributed by atoms with Gasteiger partial charge in [-0.1, -0.05) is 25.3 Å². The predicted octanol–water partition coefficient (Wildman–Crippen LogP) is 1.21. The zero-order chi connectivity index (χ0) is 15.0. The van der Waals surface area contributed by atoms with Crippen molar-refractivity contribution in [3.63, 3.8) is 0 Å². The number of rotatable bonds is 7. The SMILES string of the molecule is C=CCN(CCO)C(=O)NCC1(C(=O)O)CCCCC1. The average Bonchev–Trinajstić information content (AvgIpc) is 2.45. The maximum Gasteiger partial charge on any atom is 0.317 e. The molecule has 114 valence electrons. The summed E-state index contributed by atoms with van der Waals surface area (Å²) >= 11 is 0. The van der Waals surface area contributed by atoms with E-state index >= 15 is 0 Å². The monoisotopic (exact) mass is 284 g/mol. The number of aliphatic carboxylic acids is 1. The van der Waals surface area contributed by atoms with Gasteiger partial charge in [0.15, 0.2) is 0 Å². The number of aliphatic hydroxyl groups is 1. The number of amides is 2. The smallest absolute Gasteiger partial charge is 0.317 e. The van der Waals surface area contributed by atoms with Crippen molar-refractivity contribution < 1.29 is 19.8 Å². The number of hydrogen-bond donors (Lipinski definition) is 3. The summed E-state index contributed by atoms with van der Waals surface area (Å²) in [4.78, 5) is 24.9. The van der Waals surface area contributed by atoms with Gasteiger partial charge in [0.25, 0.3) is 0 Å². The van der Waals surface area contributed by atoms with Crippen LogP contribution in [0.25, 0.3) is 0 Å². The third-order valence-electron chi connectivity index (χ3n) is 3.85. The molecule has 0 heterocycles. The first-order chi connectivity index (χ1) is 9.55. The summed E-state index contributed by atoms with van der Waals surface area (Å²) in [5.74, 6) is -0.838. The highest BCUT2D eigenvalue weighted by molar-refractivity contribution is 5.78. The van der Waals surface area contributed by atoms with E-state index in [0.29, 0.717) is 19.4 Å². The largest absolute Gasteiger partial charge is 0.481 e. The second-order valence-electron chi connectivity index (χ2n) is 5.26. The van der Waals surface area contributed by atoms with Crippen LogP contribution in [-0.2, 0) is 4.79 Å². The van der Waals surface area contributed by atoms with Gasteiger partial charge in [0.1, 0.15) is 0 Å². The van der Waals surface area contributed by atoms with Gasteiger partial charge in [-0.2, -0.15) is 0 Å². The van der Waals surface area contributed by atoms with Gasteiger partial charge in [-0.15, -0.1) is 6.58 Å². The Morgan fingerprint density at radius 1 is 1.30 bits per heavy atom. The zero-order valence-electron chi connectivity index (χ0n) is 11.8. The summed E-state index contributed by atoms with van der Waals surface area (Å²) in [6.07, 6.45) is 5.59. The molecule has 1 aliphatic rings. The fraction of sp³-hybridized carbons (Fsp3) is 0.714. The number of hydrogen-bond acceptors (Lipinski definition) is 3. The molecule has 6 nitrogen and oxygen atoms in total. The van der Waals surface area contributed by atoms with Crippen LogP contribution in [-0.4, -0.2) is 53.4 Å². The number of carboxylic acid groups (broad SMARTS) is 1. The Hall–Kier alpha value is -1.56. The molecular formula is C14H24N2O4. The van der Waals surface area contributed by atoms with Gasteiger partial charge in [-0.3, -0.25) is 4.79 Å². The number of aliphatic hydroxyl groups excluding tert-OH is 1. The van der Waals surface area contributed by atoms with Crippen molar-refractivity contribution in [2.75, 3.05) is 26.2 Å². The molecule has 0 aromatic carbocycles. The Labute approximate surface area is 119 Å². The highest BCUT2D eigenvalue weighted by Crippen LogP contribution is 2.36. The molecule has 0 spiro atoms. The first-order valence-electron chi connectivity index (χ1n) is 7.03. The van der Waals surface area contributed by atoms with Crippen molar-refractivity contribution >= 4 is 12.0 Å². The third-order valence-corrected chi connectivity index (χ3v) is 3.85. The topological polar surface area (TPSA) is 89.9 Å². The van der Waals surface area contributed by atoms with E-state index < -0.39 is 11.4 Å². The Morgan fingerprint density at radius 2 is 1.95 bits per heavy atom. The lowest BCUT2D eigenvalue weighted by Crippen LogP contribution is -2.49. The molecule has 3 N–H and O–H groups in total. The number of carboxylic acids is 1. The predicted molar refractivity (Wildman–Crippen MR) is 75.4 cm³/mol.